The van der Waals surface area contributed by atoms with E-state index < -0.39 is 18.8 Å². The van der Waals surface area contributed by atoms with Gasteiger partial charge in [-0.25, -0.2) is 4.79 Å². The molecule has 2 N–H and O–H groups in total. The molecule has 14 heavy (non-hydrogen) atoms. The quantitative estimate of drug-likeness (QED) is 0.408. The van der Waals surface area contributed by atoms with Crippen molar-refractivity contribution in [3.63, 3.8) is 0 Å². The molecule has 0 rings (SSSR count). The van der Waals surface area contributed by atoms with Crippen molar-refractivity contribution in [2.45, 2.75) is 13.1 Å². The molecule has 7 heteroatoms. The minimum atomic E-state index is -4.39. The maximum Gasteiger partial charge on any atom is 0.413 e. The monoisotopic (exact) mass is 213 g/mol. The number of halogens is 3. The summed E-state index contributed by atoms with van der Waals surface area (Å²) in [5.41, 5.74) is 2.36. The summed E-state index contributed by atoms with van der Waals surface area (Å²) in [6, 6.07) is 0. The van der Waals surface area contributed by atoms with Crippen LogP contribution in [-0.4, -0.2) is 30.4 Å². The van der Waals surface area contributed by atoms with Crippen molar-refractivity contribution in [3.05, 3.63) is 11.6 Å². The smallest absolute Gasteiger partial charge is 0.413 e. The summed E-state index contributed by atoms with van der Waals surface area (Å²) >= 11 is 0. The molecule has 0 fully saturated rings. The van der Waals surface area contributed by atoms with E-state index in [1.165, 1.54) is 6.92 Å². The molecule has 0 bridgehead atoms. The number of hydrogen-bond acceptors (Lipinski definition) is 3. The molecule has 0 aromatic heterocycles. The zero-order valence-corrected chi connectivity index (χ0v) is 7.39. The van der Waals surface area contributed by atoms with E-state index in [1.54, 1.807) is 0 Å². The Labute approximate surface area is 78.3 Å². The van der Waals surface area contributed by atoms with Crippen LogP contribution in [0.4, 0.5) is 13.2 Å². The van der Waals surface area contributed by atoms with E-state index in [0.717, 1.165) is 6.08 Å². The summed E-state index contributed by atoms with van der Waals surface area (Å²) in [6.07, 6.45) is -3.51. The Morgan fingerprint density at radius 3 is 2.57 bits per heavy atom. The van der Waals surface area contributed by atoms with Gasteiger partial charge in [-0.3, -0.25) is 4.84 Å². The Balaban J connectivity index is 3.60. The van der Waals surface area contributed by atoms with Crippen molar-refractivity contribution in [1.29, 1.82) is 0 Å². The average molecular weight is 213 g/mol. The SMILES string of the molecule is CC(=CC(=O)O)CNOCC(F)(F)F. The summed E-state index contributed by atoms with van der Waals surface area (Å²) in [5, 5.41) is 8.24. The van der Waals surface area contributed by atoms with Crippen molar-refractivity contribution in [2.24, 2.45) is 0 Å². The standard InChI is InChI=1S/C7H10F3NO3/c1-5(2-6(12)13)3-11-14-4-7(8,9)10/h2,11H,3-4H2,1H3,(H,12,13). The van der Waals surface area contributed by atoms with Gasteiger partial charge in [0.25, 0.3) is 0 Å². The van der Waals surface area contributed by atoms with Gasteiger partial charge in [-0.05, 0) is 12.5 Å². The molecule has 0 saturated heterocycles. The Kier molecular flexibility index (Phi) is 5.18. The highest BCUT2D eigenvalue weighted by atomic mass is 19.4. The number of alkyl halides is 3. The highest BCUT2D eigenvalue weighted by molar-refractivity contribution is 5.80. The van der Waals surface area contributed by atoms with Gasteiger partial charge in [0.1, 0.15) is 0 Å². The molecule has 0 aromatic carbocycles. The van der Waals surface area contributed by atoms with Gasteiger partial charge in [0.2, 0.25) is 0 Å². The van der Waals surface area contributed by atoms with Crippen LogP contribution in [0.25, 0.3) is 0 Å². The summed E-state index contributed by atoms with van der Waals surface area (Å²) < 4.78 is 34.5. The van der Waals surface area contributed by atoms with Crippen LogP contribution in [0.5, 0.6) is 0 Å². The molecule has 0 aromatic rings. The second-order valence-corrected chi connectivity index (χ2v) is 2.55. The van der Waals surface area contributed by atoms with Crippen LogP contribution in [0.3, 0.4) is 0 Å². The molecular formula is C7H10F3NO3. The van der Waals surface area contributed by atoms with Crippen LogP contribution >= 0.6 is 0 Å². The lowest BCUT2D eigenvalue weighted by atomic mass is 10.3. The average Bonchev–Trinajstić information content (AvgIpc) is 1.95. The molecule has 0 amide bonds. The molecule has 0 aliphatic carbocycles. The number of carbonyl (C=O) groups is 1. The van der Waals surface area contributed by atoms with E-state index in [0.29, 0.717) is 5.57 Å². The van der Waals surface area contributed by atoms with Crippen molar-refractivity contribution >= 4 is 5.97 Å². The van der Waals surface area contributed by atoms with Crippen molar-refractivity contribution in [3.8, 4) is 0 Å². The van der Waals surface area contributed by atoms with E-state index in [2.05, 4.69) is 4.84 Å². The van der Waals surface area contributed by atoms with Gasteiger partial charge in [0, 0.05) is 12.6 Å². The maximum absolute atomic E-state index is 11.5. The maximum atomic E-state index is 11.5. The van der Waals surface area contributed by atoms with Crippen LogP contribution in [0.15, 0.2) is 11.6 Å². The van der Waals surface area contributed by atoms with Crippen LogP contribution in [-0.2, 0) is 9.63 Å². The first-order valence-corrected chi connectivity index (χ1v) is 3.63. The first kappa shape index (κ1) is 12.9. The zero-order chi connectivity index (χ0) is 11.2. The molecule has 82 valence electrons. The Morgan fingerprint density at radius 1 is 1.57 bits per heavy atom. The highest BCUT2D eigenvalue weighted by Gasteiger charge is 2.27. The molecule has 0 aliphatic heterocycles. The van der Waals surface area contributed by atoms with E-state index >= 15 is 0 Å². The third-order valence-electron chi connectivity index (χ3n) is 1.06. The molecule has 0 atom stereocenters. The third-order valence-corrected chi connectivity index (χ3v) is 1.06. The van der Waals surface area contributed by atoms with Gasteiger partial charge < -0.3 is 5.11 Å². The predicted molar refractivity (Wildman–Crippen MR) is 41.4 cm³/mol. The summed E-state index contributed by atoms with van der Waals surface area (Å²) in [5.74, 6) is -1.15. The number of aliphatic carboxylic acids is 1. The molecule has 4 nitrogen and oxygen atoms in total. The summed E-state index contributed by atoms with van der Waals surface area (Å²) in [4.78, 5) is 14.1. The van der Waals surface area contributed by atoms with Crippen molar-refractivity contribution < 1.29 is 27.9 Å². The van der Waals surface area contributed by atoms with Gasteiger partial charge in [-0.1, -0.05) is 0 Å². The Hall–Kier alpha value is -1.08. The summed E-state index contributed by atoms with van der Waals surface area (Å²) in [6.45, 7) is -0.0200. The second kappa shape index (κ2) is 5.61. The number of nitrogens with one attached hydrogen (secondary N) is 1. The number of carboxylic acids is 1. The second-order valence-electron chi connectivity index (χ2n) is 2.55. The van der Waals surface area contributed by atoms with Crippen LogP contribution < -0.4 is 5.48 Å². The Morgan fingerprint density at radius 2 is 2.14 bits per heavy atom. The van der Waals surface area contributed by atoms with Crippen LogP contribution in [0.1, 0.15) is 6.92 Å². The van der Waals surface area contributed by atoms with Gasteiger partial charge in [-0.2, -0.15) is 18.7 Å². The third kappa shape index (κ3) is 9.01. The topological polar surface area (TPSA) is 58.6 Å². The first-order chi connectivity index (χ1) is 6.31. The fourth-order valence-corrected chi connectivity index (χ4v) is 0.560. The summed E-state index contributed by atoms with van der Waals surface area (Å²) in [7, 11) is 0. The van der Waals surface area contributed by atoms with Gasteiger partial charge in [0.15, 0.2) is 6.61 Å². The van der Waals surface area contributed by atoms with Gasteiger partial charge in [0.05, 0.1) is 0 Å². The van der Waals surface area contributed by atoms with E-state index in [9.17, 15) is 18.0 Å². The molecule has 0 spiro atoms. The lowest BCUT2D eigenvalue weighted by molar-refractivity contribution is -0.188. The zero-order valence-electron chi connectivity index (χ0n) is 7.39. The number of rotatable bonds is 5. The Bertz CT molecular complexity index is 225. The lowest BCUT2D eigenvalue weighted by Crippen LogP contribution is -2.25. The van der Waals surface area contributed by atoms with Crippen LogP contribution in [0.2, 0.25) is 0 Å². The van der Waals surface area contributed by atoms with Crippen molar-refractivity contribution in [1.82, 2.24) is 5.48 Å². The van der Waals surface area contributed by atoms with Crippen molar-refractivity contribution in [2.75, 3.05) is 13.2 Å². The number of carboxylic acid groups (broad SMARTS) is 1. The van der Waals surface area contributed by atoms with E-state index in [1.807, 2.05) is 5.48 Å². The normalized spacial score (nSPS) is 13.0. The molecular weight excluding hydrogens is 203 g/mol. The fourth-order valence-electron chi connectivity index (χ4n) is 0.560. The van der Waals surface area contributed by atoms with E-state index in [-0.39, 0.29) is 6.54 Å². The van der Waals surface area contributed by atoms with E-state index in [4.69, 9.17) is 5.11 Å². The minimum Gasteiger partial charge on any atom is -0.478 e. The molecule has 0 aliphatic rings. The molecule has 0 heterocycles. The van der Waals surface area contributed by atoms with Gasteiger partial charge >= 0.3 is 12.1 Å². The number of hydrogen-bond donors (Lipinski definition) is 2. The number of hydroxylamine groups is 1. The molecule has 0 unspecified atom stereocenters. The molecule has 0 radical (unpaired) electrons. The lowest BCUT2D eigenvalue weighted by Gasteiger charge is -2.08. The largest absolute Gasteiger partial charge is 0.478 e. The molecule has 0 saturated carbocycles. The fraction of sp³-hybridized carbons (Fsp3) is 0.571. The highest BCUT2D eigenvalue weighted by Crippen LogP contribution is 2.13. The predicted octanol–water partition coefficient (Wildman–Crippen LogP) is 1.10. The van der Waals surface area contributed by atoms with Crippen LogP contribution in [0, 0.1) is 0 Å². The minimum absolute atomic E-state index is 0.0671. The van der Waals surface area contributed by atoms with Gasteiger partial charge in [-0.15, -0.1) is 0 Å². The first-order valence-electron chi connectivity index (χ1n) is 3.63.